The van der Waals surface area contributed by atoms with Crippen LogP contribution < -0.4 is 5.32 Å². The zero-order valence-corrected chi connectivity index (χ0v) is 26.0. The minimum absolute atomic E-state index is 0.0172. The number of nitrogens with one attached hydrogen (secondary N) is 1. The molecule has 3 aromatic carbocycles. The molecule has 0 radical (unpaired) electrons. The number of amides is 2. The van der Waals surface area contributed by atoms with Crippen LogP contribution in [0, 0.1) is 0 Å². The number of imide groups is 1. The van der Waals surface area contributed by atoms with Crippen molar-refractivity contribution in [1.82, 2.24) is 10.2 Å². The maximum absolute atomic E-state index is 14.5. The van der Waals surface area contributed by atoms with Crippen LogP contribution in [0.3, 0.4) is 0 Å². The molecule has 2 aliphatic rings. The summed E-state index contributed by atoms with van der Waals surface area (Å²) in [6.45, 7) is 4.51. The van der Waals surface area contributed by atoms with Crippen molar-refractivity contribution in [2.75, 3.05) is 6.54 Å². The van der Waals surface area contributed by atoms with Gasteiger partial charge in [-0.25, -0.2) is 13.2 Å². The van der Waals surface area contributed by atoms with Crippen molar-refractivity contribution in [1.29, 1.82) is 0 Å². The molecule has 0 aliphatic carbocycles. The Morgan fingerprint density at radius 3 is 2.07 bits per heavy atom. The maximum atomic E-state index is 14.5. The van der Waals surface area contributed by atoms with Gasteiger partial charge in [0.1, 0.15) is 0 Å². The molecule has 1 unspecified atom stereocenters. The fourth-order valence-electron chi connectivity index (χ4n) is 5.84. The smallest absolute Gasteiger partial charge is 0.416 e. The van der Waals surface area contributed by atoms with Crippen molar-refractivity contribution in [2.24, 2.45) is 0 Å². The lowest BCUT2D eigenvalue weighted by molar-refractivity contribution is -0.143. The number of carbonyl (C=O) groups excluding carboxylic acids is 3. The number of esters is 1. The molecule has 12 heteroatoms. The third-order valence-corrected chi connectivity index (χ3v) is 9.77. The number of nitrogens with zero attached hydrogens (tertiary/aromatic N) is 1. The summed E-state index contributed by atoms with van der Waals surface area (Å²) in [6, 6.07) is 18.2. The summed E-state index contributed by atoms with van der Waals surface area (Å²) in [7, 11) is -4.46. The summed E-state index contributed by atoms with van der Waals surface area (Å²) in [6.07, 6.45) is -5.46. The molecular formula is C34H31F3N2O6S. The number of dihydropyridines is 1. The molecule has 0 aromatic heterocycles. The zero-order chi connectivity index (χ0) is 33.4. The Bertz CT molecular complexity index is 1850. The van der Waals surface area contributed by atoms with Crippen molar-refractivity contribution in [3.8, 4) is 0 Å². The third kappa shape index (κ3) is 6.09. The Hall–Kier alpha value is -4.71. The number of hydrogen-bond donors (Lipinski definition) is 1. The molecule has 240 valence electrons. The van der Waals surface area contributed by atoms with E-state index in [0.717, 1.165) is 17.0 Å². The molecule has 0 saturated heterocycles. The van der Waals surface area contributed by atoms with E-state index in [1.165, 1.54) is 43.3 Å². The second-order valence-electron chi connectivity index (χ2n) is 11.2. The molecule has 3 aromatic rings. The number of alkyl halides is 3. The maximum Gasteiger partial charge on any atom is 0.416 e. The number of ether oxygens (including phenoxy) is 1. The van der Waals surface area contributed by atoms with Crippen LogP contribution in [-0.2, 0) is 25.5 Å². The summed E-state index contributed by atoms with van der Waals surface area (Å²) < 4.78 is 77.2. The number of hydrogen-bond acceptors (Lipinski definition) is 7. The average molecular weight is 653 g/mol. The summed E-state index contributed by atoms with van der Waals surface area (Å²) in [5, 5.41) is 2.98. The first-order valence-electron chi connectivity index (χ1n) is 14.6. The Morgan fingerprint density at radius 2 is 1.48 bits per heavy atom. The van der Waals surface area contributed by atoms with Gasteiger partial charge in [0.2, 0.25) is 9.84 Å². The van der Waals surface area contributed by atoms with Gasteiger partial charge in [-0.3, -0.25) is 14.5 Å². The van der Waals surface area contributed by atoms with Gasteiger partial charge in [-0.1, -0.05) is 48.5 Å². The topological polar surface area (TPSA) is 110 Å². The van der Waals surface area contributed by atoms with Gasteiger partial charge in [-0.15, -0.1) is 0 Å². The van der Waals surface area contributed by atoms with Crippen LogP contribution in [-0.4, -0.2) is 43.8 Å². The van der Waals surface area contributed by atoms with E-state index in [-0.39, 0.29) is 52.4 Å². The molecule has 0 fully saturated rings. The van der Waals surface area contributed by atoms with E-state index in [2.05, 4.69) is 5.32 Å². The van der Waals surface area contributed by atoms with Crippen LogP contribution in [0.1, 0.15) is 71.4 Å². The lowest BCUT2D eigenvalue weighted by Crippen LogP contribution is -2.35. The highest BCUT2D eigenvalue weighted by atomic mass is 32.2. The summed E-state index contributed by atoms with van der Waals surface area (Å²) in [5.41, 5.74) is -1.14. The van der Waals surface area contributed by atoms with E-state index in [9.17, 15) is 36.0 Å². The van der Waals surface area contributed by atoms with Crippen LogP contribution in [0.25, 0.3) is 0 Å². The van der Waals surface area contributed by atoms with Gasteiger partial charge < -0.3 is 10.1 Å². The molecule has 2 heterocycles. The SMILES string of the molecule is CC1=C(S(=O)(=O)c2ccccc2)C(c2ccccc2C(F)(F)F)C(C(=O)OC(C)C)=C(CCCN2C(=O)c3ccccc3C2=O)N1. The minimum Gasteiger partial charge on any atom is -0.460 e. The van der Waals surface area contributed by atoms with Gasteiger partial charge in [0.15, 0.2) is 0 Å². The van der Waals surface area contributed by atoms with Crippen molar-refractivity contribution < 1.29 is 40.7 Å². The summed E-state index contributed by atoms with van der Waals surface area (Å²) in [5.74, 6) is -3.64. The molecule has 0 bridgehead atoms. The van der Waals surface area contributed by atoms with Gasteiger partial charge in [0, 0.05) is 17.9 Å². The van der Waals surface area contributed by atoms with Crippen molar-refractivity contribution >= 4 is 27.6 Å². The number of rotatable bonds is 9. The second kappa shape index (κ2) is 12.6. The predicted molar refractivity (Wildman–Crippen MR) is 163 cm³/mol. The minimum atomic E-state index is -4.88. The second-order valence-corrected chi connectivity index (χ2v) is 13.1. The molecule has 2 amide bonds. The predicted octanol–water partition coefficient (Wildman–Crippen LogP) is 6.38. The fraction of sp³-hybridized carbons (Fsp3) is 0.265. The third-order valence-electron chi connectivity index (χ3n) is 7.75. The van der Waals surface area contributed by atoms with E-state index >= 15 is 0 Å². The molecule has 0 saturated carbocycles. The van der Waals surface area contributed by atoms with Gasteiger partial charge in [0.05, 0.1) is 44.1 Å². The zero-order valence-electron chi connectivity index (χ0n) is 25.2. The molecule has 8 nitrogen and oxygen atoms in total. The Morgan fingerprint density at radius 1 is 0.913 bits per heavy atom. The molecular weight excluding hydrogens is 621 g/mol. The Balaban J connectivity index is 1.63. The highest BCUT2D eigenvalue weighted by Gasteiger charge is 2.45. The summed E-state index contributed by atoms with van der Waals surface area (Å²) in [4.78, 5) is 40.1. The van der Waals surface area contributed by atoms with E-state index in [1.54, 1.807) is 44.2 Å². The molecule has 2 aliphatic heterocycles. The molecule has 5 rings (SSSR count). The first-order valence-corrected chi connectivity index (χ1v) is 16.0. The Labute approximate surface area is 264 Å². The number of benzene rings is 3. The molecule has 1 N–H and O–H groups in total. The number of allylic oxidation sites excluding steroid dienone is 3. The molecule has 46 heavy (non-hydrogen) atoms. The van der Waals surface area contributed by atoms with Gasteiger partial charge >= 0.3 is 12.1 Å². The van der Waals surface area contributed by atoms with E-state index < -0.39 is 61.9 Å². The first kappa shape index (κ1) is 32.7. The van der Waals surface area contributed by atoms with Crippen LogP contribution >= 0.6 is 0 Å². The summed E-state index contributed by atoms with van der Waals surface area (Å²) >= 11 is 0. The van der Waals surface area contributed by atoms with Crippen LogP contribution in [0.5, 0.6) is 0 Å². The van der Waals surface area contributed by atoms with Crippen LogP contribution in [0.2, 0.25) is 0 Å². The lowest BCUT2D eigenvalue weighted by Gasteiger charge is -2.34. The average Bonchev–Trinajstić information content (AvgIpc) is 3.25. The monoisotopic (exact) mass is 652 g/mol. The highest BCUT2D eigenvalue weighted by Crippen LogP contribution is 2.47. The van der Waals surface area contributed by atoms with Crippen molar-refractivity contribution in [3.05, 3.63) is 123 Å². The quantitative estimate of drug-likeness (QED) is 0.211. The van der Waals surface area contributed by atoms with Crippen molar-refractivity contribution in [2.45, 2.75) is 56.7 Å². The van der Waals surface area contributed by atoms with Gasteiger partial charge in [-0.05, 0) is 69.5 Å². The lowest BCUT2D eigenvalue weighted by atomic mass is 9.83. The highest BCUT2D eigenvalue weighted by molar-refractivity contribution is 7.95. The Kier molecular flexibility index (Phi) is 8.94. The molecule has 1 atom stereocenters. The number of sulfone groups is 1. The van der Waals surface area contributed by atoms with Crippen LogP contribution in [0.4, 0.5) is 13.2 Å². The number of halogens is 3. The van der Waals surface area contributed by atoms with Gasteiger partial charge in [-0.2, -0.15) is 13.2 Å². The standard InChI is InChI=1S/C34H31F3N2O6S/c1-20(2)45-33(42)29-27(18-11-19-39-31(40)23-14-7-8-15-24(23)32(39)41)38-21(3)30(46(43,44)22-12-5-4-6-13-22)28(29)25-16-9-10-17-26(25)34(35,36)37/h4-10,12-17,20,28,38H,11,18-19H2,1-3H3. The van der Waals surface area contributed by atoms with E-state index in [0.29, 0.717) is 0 Å². The van der Waals surface area contributed by atoms with Gasteiger partial charge in [0.25, 0.3) is 11.8 Å². The largest absolute Gasteiger partial charge is 0.460 e. The van der Waals surface area contributed by atoms with Crippen molar-refractivity contribution in [3.63, 3.8) is 0 Å². The normalized spacial score (nSPS) is 17.0. The number of fused-ring (bicyclic) bond motifs is 1. The fourth-order valence-corrected chi connectivity index (χ4v) is 7.61. The van der Waals surface area contributed by atoms with E-state index in [4.69, 9.17) is 4.74 Å². The first-order chi connectivity index (χ1) is 21.7. The molecule has 0 spiro atoms. The van der Waals surface area contributed by atoms with E-state index in [1.807, 2.05) is 0 Å². The van der Waals surface area contributed by atoms with Crippen LogP contribution in [0.15, 0.2) is 106 Å². The number of carbonyl (C=O) groups is 3.